The Hall–Kier alpha value is -2.16. The Kier molecular flexibility index (Phi) is 7.98. The van der Waals surface area contributed by atoms with Crippen molar-refractivity contribution in [2.24, 2.45) is 5.41 Å². The number of hydrogen-bond donors (Lipinski definition) is 1. The molecule has 1 saturated heterocycles. The molecule has 0 unspecified atom stereocenters. The van der Waals surface area contributed by atoms with Crippen LogP contribution >= 0.6 is 0 Å². The normalized spacial score (nSPS) is 18.6. The average Bonchev–Trinajstić information content (AvgIpc) is 2.59. The first-order valence-electron chi connectivity index (χ1n) is 9.42. The zero-order valence-corrected chi connectivity index (χ0v) is 17.4. The standard InChI is InChI=1S/C19H31NO8/c1-7-26-17(25)20-10-8-19(9-11-20,16(24)28-18(4,5)6)14(22)13(3)27-15(23)12(2)21/h12-13,21H,7-11H2,1-6H3/t12-,13-/m0/s1. The lowest BCUT2D eigenvalue weighted by Gasteiger charge is -2.40. The molecule has 9 heteroatoms. The second kappa shape index (κ2) is 9.36. The zero-order chi connectivity index (χ0) is 21.7. The number of aliphatic hydroxyl groups is 1. The molecule has 0 saturated carbocycles. The summed E-state index contributed by atoms with van der Waals surface area (Å²) in [7, 11) is 0. The Labute approximate surface area is 165 Å². The summed E-state index contributed by atoms with van der Waals surface area (Å²) in [5.74, 6) is -2.28. The number of ketones is 1. The molecule has 28 heavy (non-hydrogen) atoms. The monoisotopic (exact) mass is 401 g/mol. The maximum Gasteiger partial charge on any atom is 0.409 e. The second-order valence-electron chi connectivity index (χ2n) is 7.89. The van der Waals surface area contributed by atoms with E-state index in [4.69, 9.17) is 14.2 Å². The average molecular weight is 401 g/mol. The van der Waals surface area contributed by atoms with Crippen molar-refractivity contribution in [1.29, 1.82) is 0 Å². The number of esters is 2. The molecule has 0 aromatic rings. The first-order chi connectivity index (χ1) is 12.8. The predicted molar refractivity (Wildman–Crippen MR) is 98.3 cm³/mol. The minimum absolute atomic E-state index is 0.0239. The van der Waals surface area contributed by atoms with E-state index in [0.717, 1.165) is 0 Å². The van der Waals surface area contributed by atoms with Crippen LogP contribution in [0, 0.1) is 5.41 Å². The molecule has 1 fully saturated rings. The summed E-state index contributed by atoms with van der Waals surface area (Å²) in [6, 6.07) is 0. The van der Waals surface area contributed by atoms with Crippen LogP contribution in [0.3, 0.4) is 0 Å². The number of aliphatic hydroxyl groups excluding tert-OH is 1. The summed E-state index contributed by atoms with van der Waals surface area (Å²) in [5, 5.41) is 9.30. The number of likely N-dealkylation sites (tertiary alicyclic amines) is 1. The Morgan fingerprint density at radius 2 is 1.64 bits per heavy atom. The van der Waals surface area contributed by atoms with Crippen molar-refractivity contribution in [2.45, 2.75) is 72.2 Å². The predicted octanol–water partition coefficient (Wildman–Crippen LogP) is 1.45. The van der Waals surface area contributed by atoms with Gasteiger partial charge in [-0.2, -0.15) is 0 Å². The molecule has 160 valence electrons. The van der Waals surface area contributed by atoms with Gasteiger partial charge in [0.1, 0.15) is 17.1 Å². The molecule has 0 aromatic carbocycles. The molecule has 1 heterocycles. The van der Waals surface area contributed by atoms with Gasteiger partial charge in [0, 0.05) is 13.1 Å². The van der Waals surface area contributed by atoms with Crippen LogP contribution in [0.2, 0.25) is 0 Å². The molecule has 9 nitrogen and oxygen atoms in total. The van der Waals surface area contributed by atoms with E-state index in [9.17, 15) is 24.3 Å². The number of amides is 1. The van der Waals surface area contributed by atoms with E-state index in [-0.39, 0.29) is 32.5 Å². The van der Waals surface area contributed by atoms with Gasteiger partial charge in [0.2, 0.25) is 0 Å². The van der Waals surface area contributed by atoms with Crippen molar-refractivity contribution in [3.63, 3.8) is 0 Å². The number of hydrogen-bond acceptors (Lipinski definition) is 8. The van der Waals surface area contributed by atoms with Gasteiger partial charge >= 0.3 is 18.0 Å². The fraction of sp³-hybridized carbons (Fsp3) is 0.789. The topological polar surface area (TPSA) is 119 Å². The molecule has 0 radical (unpaired) electrons. The van der Waals surface area contributed by atoms with E-state index in [0.29, 0.717) is 0 Å². The van der Waals surface area contributed by atoms with Crippen LogP contribution < -0.4 is 0 Å². The molecule has 1 rings (SSSR count). The highest BCUT2D eigenvalue weighted by Crippen LogP contribution is 2.37. The van der Waals surface area contributed by atoms with Crippen molar-refractivity contribution in [1.82, 2.24) is 4.90 Å². The molecule has 1 N–H and O–H groups in total. The number of rotatable bonds is 6. The van der Waals surface area contributed by atoms with Gasteiger partial charge in [-0.05, 0) is 54.4 Å². The van der Waals surface area contributed by atoms with Gasteiger partial charge in [-0.15, -0.1) is 0 Å². The fourth-order valence-electron chi connectivity index (χ4n) is 2.93. The third-order valence-corrected chi connectivity index (χ3v) is 4.41. The van der Waals surface area contributed by atoms with E-state index in [1.54, 1.807) is 27.7 Å². The molecule has 1 aliphatic heterocycles. The molecular formula is C19H31NO8. The van der Waals surface area contributed by atoms with Crippen LogP contribution in [-0.2, 0) is 28.6 Å². The maximum absolute atomic E-state index is 13.1. The van der Waals surface area contributed by atoms with E-state index in [1.165, 1.54) is 18.7 Å². The quantitative estimate of drug-likeness (QED) is 0.403. The van der Waals surface area contributed by atoms with Crippen LogP contribution in [0.15, 0.2) is 0 Å². The number of carbonyl (C=O) groups excluding carboxylic acids is 4. The van der Waals surface area contributed by atoms with Crippen molar-refractivity contribution < 1.29 is 38.5 Å². The van der Waals surface area contributed by atoms with Crippen LogP contribution in [0.4, 0.5) is 4.79 Å². The van der Waals surface area contributed by atoms with Crippen molar-refractivity contribution in [3.05, 3.63) is 0 Å². The number of carbonyl (C=O) groups is 4. The van der Waals surface area contributed by atoms with Gasteiger partial charge < -0.3 is 24.2 Å². The Balaban J connectivity index is 3.07. The lowest BCUT2D eigenvalue weighted by molar-refractivity contribution is -0.180. The maximum atomic E-state index is 13.1. The summed E-state index contributed by atoms with van der Waals surface area (Å²) >= 11 is 0. The zero-order valence-electron chi connectivity index (χ0n) is 17.4. The SMILES string of the molecule is CCOC(=O)N1CCC(C(=O)OC(C)(C)C)(C(=O)[C@H](C)OC(=O)[C@H](C)O)CC1. The summed E-state index contributed by atoms with van der Waals surface area (Å²) in [5.41, 5.74) is -2.36. The molecule has 1 amide bonds. The Morgan fingerprint density at radius 1 is 1.11 bits per heavy atom. The van der Waals surface area contributed by atoms with Gasteiger partial charge in [-0.1, -0.05) is 0 Å². The molecule has 0 aliphatic carbocycles. The molecule has 0 spiro atoms. The lowest BCUT2D eigenvalue weighted by atomic mass is 9.73. The lowest BCUT2D eigenvalue weighted by Crippen LogP contribution is -2.55. The minimum atomic E-state index is -1.55. The van der Waals surface area contributed by atoms with Gasteiger partial charge in [0.15, 0.2) is 11.9 Å². The first-order valence-corrected chi connectivity index (χ1v) is 9.42. The van der Waals surface area contributed by atoms with Crippen LogP contribution in [0.25, 0.3) is 0 Å². The van der Waals surface area contributed by atoms with Crippen LogP contribution in [-0.4, -0.2) is 71.3 Å². The largest absolute Gasteiger partial charge is 0.459 e. The van der Waals surface area contributed by atoms with E-state index in [1.807, 2.05) is 0 Å². The molecule has 0 aromatic heterocycles. The third-order valence-electron chi connectivity index (χ3n) is 4.41. The van der Waals surface area contributed by atoms with Crippen molar-refractivity contribution in [3.8, 4) is 0 Å². The van der Waals surface area contributed by atoms with Crippen LogP contribution in [0.5, 0.6) is 0 Å². The number of nitrogens with zero attached hydrogens (tertiary/aromatic N) is 1. The fourth-order valence-corrected chi connectivity index (χ4v) is 2.93. The van der Waals surface area contributed by atoms with E-state index >= 15 is 0 Å². The highest BCUT2D eigenvalue weighted by atomic mass is 16.6. The van der Waals surface area contributed by atoms with Crippen molar-refractivity contribution >= 4 is 23.8 Å². The molecule has 1 aliphatic rings. The summed E-state index contributed by atoms with van der Waals surface area (Å²) in [6.45, 7) is 9.80. The highest BCUT2D eigenvalue weighted by molar-refractivity contribution is 6.06. The smallest absolute Gasteiger partial charge is 0.409 e. The summed E-state index contributed by atoms with van der Waals surface area (Å²) in [4.78, 5) is 51.1. The van der Waals surface area contributed by atoms with Gasteiger partial charge in [0.05, 0.1) is 6.61 Å². The molecule has 0 bridgehead atoms. The first kappa shape index (κ1) is 23.9. The van der Waals surface area contributed by atoms with Gasteiger partial charge in [-0.3, -0.25) is 9.59 Å². The van der Waals surface area contributed by atoms with Crippen LogP contribution in [0.1, 0.15) is 54.4 Å². The Bertz CT molecular complexity index is 600. The second-order valence-corrected chi connectivity index (χ2v) is 7.89. The van der Waals surface area contributed by atoms with E-state index in [2.05, 4.69) is 0 Å². The van der Waals surface area contributed by atoms with E-state index < -0.39 is 47.0 Å². The molecule has 2 atom stereocenters. The third kappa shape index (κ3) is 5.92. The number of piperidine rings is 1. The molecular weight excluding hydrogens is 370 g/mol. The van der Waals surface area contributed by atoms with Gasteiger partial charge in [-0.25, -0.2) is 9.59 Å². The number of Topliss-reactive ketones (excluding diaryl/α,β-unsaturated/α-hetero) is 1. The summed E-state index contributed by atoms with van der Waals surface area (Å²) < 4.78 is 15.4. The minimum Gasteiger partial charge on any atom is -0.459 e. The number of ether oxygens (including phenoxy) is 3. The Morgan fingerprint density at radius 3 is 2.07 bits per heavy atom. The highest BCUT2D eigenvalue weighted by Gasteiger charge is 2.53. The summed E-state index contributed by atoms with van der Waals surface area (Å²) in [6.07, 6.45) is -3.10. The van der Waals surface area contributed by atoms with Crippen molar-refractivity contribution in [2.75, 3.05) is 19.7 Å². The van der Waals surface area contributed by atoms with Gasteiger partial charge in [0.25, 0.3) is 0 Å².